The number of carbonyl (C=O) groups is 1. The molecule has 1 amide bonds. The van der Waals surface area contributed by atoms with E-state index >= 15 is 0 Å². The molecule has 1 N–H and O–H groups in total. The number of hydrogen-bond donors (Lipinski definition) is 1. The van der Waals surface area contributed by atoms with Crippen molar-refractivity contribution < 1.29 is 4.79 Å². The van der Waals surface area contributed by atoms with Gasteiger partial charge >= 0.3 is 0 Å². The number of halogens is 1. The van der Waals surface area contributed by atoms with E-state index in [1.54, 1.807) is 17.9 Å². The maximum absolute atomic E-state index is 11.9. The van der Waals surface area contributed by atoms with Gasteiger partial charge in [-0.3, -0.25) is 14.2 Å². The summed E-state index contributed by atoms with van der Waals surface area (Å²) in [6, 6.07) is 1.87. The van der Waals surface area contributed by atoms with Gasteiger partial charge in [0.2, 0.25) is 0 Å². The van der Waals surface area contributed by atoms with Crippen molar-refractivity contribution in [2.75, 3.05) is 6.54 Å². The predicted octanol–water partition coefficient (Wildman–Crippen LogP) is 1.40. The fourth-order valence-corrected chi connectivity index (χ4v) is 1.93. The van der Waals surface area contributed by atoms with Gasteiger partial charge in [0.15, 0.2) is 5.69 Å². The first-order valence-corrected chi connectivity index (χ1v) is 6.42. The lowest BCUT2D eigenvalue weighted by Gasteiger charge is -2.04. The summed E-state index contributed by atoms with van der Waals surface area (Å²) in [6.07, 6.45) is 4.42. The minimum Gasteiger partial charge on any atom is -0.351 e. The molecule has 0 unspecified atom stereocenters. The van der Waals surface area contributed by atoms with Gasteiger partial charge in [-0.2, -0.15) is 10.2 Å². The molecule has 2 aromatic rings. The van der Waals surface area contributed by atoms with Crippen molar-refractivity contribution in [1.29, 1.82) is 0 Å². The van der Waals surface area contributed by atoms with Crippen molar-refractivity contribution in [1.82, 2.24) is 24.9 Å². The van der Waals surface area contributed by atoms with Crippen molar-refractivity contribution >= 4 is 17.5 Å². The van der Waals surface area contributed by atoms with Crippen LogP contribution in [0, 0.1) is 6.92 Å². The van der Waals surface area contributed by atoms with E-state index in [4.69, 9.17) is 11.6 Å². The second kappa shape index (κ2) is 5.88. The molecule has 7 heteroatoms. The van der Waals surface area contributed by atoms with Gasteiger partial charge in [0.05, 0.1) is 10.7 Å². The van der Waals surface area contributed by atoms with Crippen LogP contribution in [0.4, 0.5) is 0 Å². The normalized spacial score (nSPS) is 10.7. The second-order valence-corrected chi connectivity index (χ2v) is 4.63. The molecule has 2 aromatic heterocycles. The van der Waals surface area contributed by atoms with E-state index in [0.29, 0.717) is 11.6 Å². The zero-order valence-corrected chi connectivity index (χ0v) is 11.7. The van der Waals surface area contributed by atoms with E-state index in [0.717, 1.165) is 18.7 Å². The molecule has 0 radical (unpaired) electrons. The fraction of sp³-hybridized carbons (Fsp3) is 0.417. The van der Waals surface area contributed by atoms with Gasteiger partial charge in [-0.25, -0.2) is 0 Å². The number of nitrogens with one attached hydrogen (secondary N) is 1. The highest BCUT2D eigenvalue weighted by atomic mass is 35.5. The van der Waals surface area contributed by atoms with Crippen LogP contribution in [0.15, 0.2) is 18.5 Å². The molecule has 0 fully saturated rings. The van der Waals surface area contributed by atoms with Crippen molar-refractivity contribution in [2.24, 2.45) is 7.05 Å². The first kappa shape index (κ1) is 13.6. The lowest BCUT2D eigenvalue weighted by Crippen LogP contribution is -2.26. The SMILES string of the molecule is Cc1c(Cl)c(C(=O)NCCCn2cccn2)nn1C. The highest BCUT2D eigenvalue weighted by Gasteiger charge is 2.17. The molecule has 0 bridgehead atoms. The summed E-state index contributed by atoms with van der Waals surface area (Å²) in [5.41, 5.74) is 1.06. The van der Waals surface area contributed by atoms with Crippen LogP contribution in [0.5, 0.6) is 0 Å². The topological polar surface area (TPSA) is 64.7 Å². The summed E-state index contributed by atoms with van der Waals surface area (Å²) < 4.78 is 3.42. The van der Waals surface area contributed by atoms with Gasteiger partial charge in [-0.1, -0.05) is 11.6 Å². The van der Waals surface area contributed by atoms with Crippen LogP contribution in [0.3, 0.4) is 0 Å². The summed E-state index contributed by atoms with van der Waals surface area (Å²) in [6.45, 7) is 3.15. The van der Waals surface area contributed by atoms with Crippen LogP contribution in [0.2, 0.25) is 5.02 Å². The molecule has 2 rings (SSSR count). The maximum Gasteiger partial charge on any atom is 0.273 e. The van der Waals surface area contributed by atoms with Crippen molar-refractivity contribution in [2.45, 2.75) is 19.9 Å². The fourth-order valence-electron chi connectivity index (χ4n) is 1.69. The first-order chi connectivity index (χ1) is 9.09. The van der Waals surface area contributed by atoms with Crippen molar-refractivity contribution in [3.8, 4) is 0 Å². The van der Waals surface area contributed by atoms with Gasteiger partial charge in [0.25, 0.3) is 5.91 Å². The Balaban J connectivity index is 1.82. The Labute approximate surface area is 116 Å². The van der Waals surface area contributed by atoms with Gasteiger partial charge in [-0.15, -0.1) is 0 Å². The summed E-state index contributed by atoms with van der Waals surface area (Å²) >= 11 is 6.04. The molecule has 0 aromatic carbocycles. The average molecular weight is 282 g/mol. The molecule has 0 aliphatic rings. The largest absolute Gasteiger partial charge is 0.351 e. The summed E-state index contributed by atoms with van der Waals surface area (Å²) in [4.78, 5) is 11.9. The van der Waals surface area contributed by atoms with E-state index in [1.165, 1.54) is 0 Å². The van der Waals surface area contributed by atoms with Gasteiger partial charge in [-0.05, 0) is 19.4 Å². The number of nitrogens with zero attached hydrogens (tertiary/aromatic N) is 4. The summed E-state index contributed by atoms with van der Waals surface area (Å²) in [7, 11) is 1.76. The number of aryl methyl sites for hydroxylation is 2. The quantitative estimate of drug-likeness (QED) is 0.843. The molecule has 2 heterocycles. The number of rotatable bonds is 5. The zero-order chi connectivity index (χ0) is 13.8. The Kier molecular flexibility index (Phi) is 4.21. The Bertz CT molecular complexity index is 561. The first-order valence-electron chi connectivity index (χ1n) is 6.04. The van der Waals surface area contributed by atoms with Crippen LogP contribution in [-0.4, -0.2) is 32.0 Å². The number of carbonyl (C=O) groups excluding carboxylic acids is 1. The number of amides is 1. The van der Waals surface area contributed by atoms with Gasteiger partial charge in [0.1, 0.15) is 0 Å². The second-order valence-electron chi connectivity index (χ2n) is 4.25. The zero-order valence-electron chi connectivity index (χ0n) is 10.9. The van der Waals surface area contributed by atoms with Crippen LogP contribution < -0.4 is 5.32 Å². The molecular weight excluding hydrogens is 266 g/mol. The highest BCUT2D eigenvalue weighted by Crippen LogP contribution is 2.18. The Morgan fingerprint density at radius 1 is 1.53 bits per heavy atom. The molecular formula is C12H16ClN5O. The Morgan fingerprint density at radius 2 is 2.32 bits per heavy atom. The van der Waals surface area contributed by atoms with Crippen LogP contribution in [0.25, 0.3) is 0 Å². The van der Waals surface area contributed by atoms with E-state index in [2.05, 4.69) is 15.5 Å². The third-order valence-corrected chi connectivity index (χ3v) is 3.34. The average Bonchev–Trinajstić information content (AvgIpc) is 2.99. The highest BCUT2D eigenvalue weighted by molar-refractivity contribution is 6.34. The van der Waals surface area contributed by atoms with Crippen molar-refractivity contribution in [3.63, 3.8) is 0 Å². The third-order valence-electron chi connectivity index (χ3n) is 2.88. The molecule has 0 saturated heterocycles. The summed E-state index contributed by atoms with van der Waals surface area (Å²) in [5, 5.41) is 11.4. The van der Waals surface area contributed by atoms with Gasteiger partial charge in [0, 0.05) is 32.5 Å². The van der Waals surface area contributed by atoms with Crippen molar-refractivity contribution in [3.05, 3.63) is 34.9 Å². The Hall–Kier alpha value is -1.82. The van der Waals surface area contributed by atoms with E-state index in [-0.39, 0.29) is 11.6 Å². The van der Waals surface area contributed by atoms with E-state index < -0.39 is 0 Å². The summed E-state index contributed by atoms with van der Waals surface area (Å²) in [5.74, 6) is -0.242. The van der Waals surface area contributed by atoms with E-state index in [1.807, 2.05) is 23.9 Å². The van der Waals surface area contributed by atoms with E-state index in [9.17, 15) is 4.79 Å². The lowest BCUT2D eigenvalue weighted by atomic mass is 10.3. The molecule has 6 nitrogen and oxygen atoms in total. The molecule has 102 valence electrons. The van der Waals surface area contributed by atoms with Crippen LogP contribution in [-0.2, 0) is 13.6 Å². The molecule has 0 aliphatic carbocycles. The molecule has 19 heavy (non-hydrogen) atoms. The van der Waals surface area contributed by atoms with Gasteiger partial charge < -0.3 is 5.32 Å². The minimum absolute atomic E-state index is 0.242. The third kappa shape index (κ3) is 3.14. The lowest BCUT2D eigenvalue weighted by molar-refractivity contribution is 0.0947. The van der Waals surface area contributed by atoms with Crippen LogP contribution >= 0.6 is 11.6 Å². The number of aromatic nitrogens is 4. The molecule has 0 atom stereocenters. The predicted molar refractivity (Wildman–Crippen MR) is 72.1 cm³/mol. The van der Waals surface area contributed by atoms with Crippen LogP contribution in [0.1, 0.15) is 22.6 Å². The molecule has 0 aliphatic heterocycles. The number of hydrogen-bond acceptors (Lipinski definition) is 3. The minimum atomic E-state index is -0.242. The molecule has 0 saturated carbocycles. The Morgan fingerprint density at radius 3 is 2.89 bits per heavy atom. The smallest absolute Gasteiger partial charge is 0.273 e. The standard InChI is InChI=1S/C12H16ClN5O/c1-9-10(13)11(16-17(9)2)12(19)14-5-3-7-18-8-4-6-15-18/h4,6,8H,3,5,7H2,1-2H3,(H,14,19). The monoisotopic (exact) mass is 281 g/mol. The maximum atomic E-state index is 11.9. The molecule has 0 spiro atoms.